The Morgan fingerprint density at radius 1 is 1.17 bits per heavy atom. The molecule has 1 aromatic carbocycles. The predicted molar refractivity (Wildman–Crippen MR) is 136 cm³/mol. The lowest BCUT2D eigenvalue weighted by Crippen LogP contribution is -2.73. The van der Waals surface area contributed by atoms with Crippen LogP contribution in [0.3, 0.4) is 0 Å². The first-order chi connectivity index (χ1) is 19.3. The van der Waals surface area contributed by atoms with Gasteiger partial charge in [0.25, 0.3) is 11.7 Å². The van der Waals surface area contributed by atoms with E-state index in [1.54, 1.807) is 0 Å². The van der Waals surface area contributed by atoms with Crippen LogP contribution in [0.2, 0.25) is 0 Å². The highest BCUT2D eigenvalue weighted by Gasteiger charge is 2.69. The first-order valence-electron chi connectivity index (χ1n) is 13.3. The number of unbranched alkanes of at least 4 members (excludes halogenated alkanes) is 1. The fourth-order valence-electron chi connectivity index (χ4n) is 4.82. The van der Waals surface area contributed by atoms with E-state index >= 15 is 0 Å². The fourth-order valence-corrected chi connectivity index (χ4v) is 4.82. The molecule has 0 aromatic heterocycles. The highest BCUT2D eigenvalue weighted by Crippen LogP contribution is 2.40. The maximum Gasteiger partial charge on any atom is 0.379 e. The molecule has 0 aliphatic carbocycles. The van der Waals surface area contributed by atoms with Gasteiger partial charge in [-0.1, -0.05) is 30.3 Å². The molecule has 15 heteroatoms. The number of hydrogen-bond donors (Lipinski definition) is 7. The number of likely N-dealkylation sites (tertiary alicyclic amines) is 1. The minimum Gasteiger partial charge on any atom is -0.459 e. The minimum atomic E-state index is -4.78. The molecule has 230 valence electrons. The molecular formula is C26H37F2N3O10. The smallest absolute Gasteiger partial charge is 0.379 e. The molecule has 0 spiro atoms. The van der Waals surface area contributed by atoms with Crippen LogP contribution in [0.4, 0.5) is 8.78 Å². The number of nitrogens with zero attached hydrogens (tertiary/aromatic N) is 1. The summed E-state index contributed by atoms with van der Waals surface area (Å²) in [7, 11) is 0. The number of halogens is 2. The summed E-state index contributed by atoms with van der Waals surface area (Å²) in [5.41, 5.74) is 6.83. The molecule has 2 fully saturated rings. The lowest BCUT2D eigenvalue weighted by Gasteiger charge is -2.47. The third kappa shape index (κ3) is 7.17. The number of alkyl halides is 2. The zero-order chi connectivity index (χ0) is 30.4. The van der Waals surface area contributed by atoms with E-state index in [-0.39, 0.29) is 32.4 Å². The summed E-state index contributed by atoms with van der Waals surface area (Å²) >= 11 is 0. The number of amides is 2. The summed E-state index contributed by atoms with van der Waals surface area (Å²) in [4.78, 5) is 39.0. The van der Waals surface area contributed by atoms with Crippen LogP contribution in [0.25, 0.3) is 0 Å². The van der Waals surface area contributed by atoms with Gasteiger partial charge in [-0.2, -0.15) is 8.78 Å². The quantitative estimate of drug-likeness (QED) is 0.106. The molecule has 7 atom stereocenters. The summed E-state index contributed by atoms with van der Waals surface area (Å²) in [5, 5.41) is 50.7. The van der Waals surface area contributed by atoms with E-state index in [1.165, 1.54) is 4.90 Å². The summed E-state index contributed by atoms with van der Waals surface area (Å²) in [6.07, 6.45) is -7.48. The van der Waals surface area contributed by atoms with E-state index in [9.17, 15) is 43.6 Å². The number of carbonyl (C=O) groups is 3. The average molecular weight is 590 g/mol. The largest absolute Gasteiger partial charge is 0.459 e. The Bertz CT molecular complexity index is 1050. The van der Waals surface area contributed by atoms with Crippen LogP contribution in [0.1, 0.15) is 37.7 Å². The molecular weight excluding hydrogens is 552 g/mol. The van der Waals surface area contributed by atoms with E-state index in [4.69, 9.17) is 15.6 Å². The Labute approximate surface area is 234 Å². The molecule has 2 amide bonds. The van der Waals surface area contributed by atoms with Gasteiger partial charge in [-0.05, 0) is 37.7 Å². The number of esters is 1. The van der Waals surface area contributed by atoms with E-state index in [0.29, 0.717) is 19.4 Å². The Kier molecular flexibility index (Phi) is 11.1. The van der Waals surface area contributed by atoms with Gasteiger partial charge >= 0.3 is 11.9 Å². The standard InChI is InChI=1S/C26H37F2N3O10/c27-25(28,26(39)21(35)20(34)19(33)18(13-32)41-26)24(38)30-11-5-4-9-16(29)22(36)31-12-6-10-17(31)23(37)40-14-15-7-2-1-3-8-15/h1-3,7-8,16-21,32-35,39H,4-6,9-14,29H2,(H,30,38)/t16-,17-,18+,19-,20-,21+,26+/m0/s1. The Morgan fingerprint density at radius 2 is 1.85 bits per heavy atom. The normalized spacial score (nSPS) is 29.2. The number of hydrogen-bond acceptors (Lipinski definition) is 11. The van der Waals surface area contributed by atoms with Gasteiger partial charge in [-0.15, -0.1) is 0 Å². The Balaban J connectivity index is 1.44. The maximum atomic E-state index is 14.8. The van der Waals surface area contributed by atoms with Crippen molar-refractivity contribution in [3.63, 3.8) is 0 Å². The monoisotopic (exact) mass is 589 g/mol. The van der Waals surface area contributed by atoms with Gasteiger partial charge in [-0.3, -0.25) is 9.59 Å². The molecule has 2 saturated heterocycles. The van der Waals surface area contributed by atoms with Crippen molar-refractivity contribution in [2.75, 3.05) is 19.7 Å². The fraction of sp³-hybridized carbons (Fsp3) is 0.654. The van der Waals surface area contributed by atoms with Crippen molar-refractivity contribution < 1.29 is 58.2 Å². The number of aliphatic hydroxyl groups is 5. The lowest BCUT2D eigenvalue weighted by molar-refractivity contribution is -0.401. The maximum absolute atomic E-state index is 14.8. The second-order valence-corrected chi connectivity index (χ2v) is 10.2. The minimum absolute atomic E-state index is 0.0715. The number of rotatable bonds is 12. The number of aliphatic hydroxyl groups excluding tert-OH is 4. The Hall–Kier alpha value is -2.79. The van der Waals surface area contributed by atoms with Crippen molar-refractivity contribution in [3.8, 4) is 0 Å². The van der Waals surface area contributed by atoms with Crippen LogP contribution >= 0.6 is 0 Å². The van der Waals surface area contributed by atoms with Crippen LogP contribution in [-0.2, 0) is 30.5 Å². The predicted octanol–water partition coefficient (Wildman–Crippen LogP) is -1.87. The second-order valence-electron chi connectivity index (χ2n) is 10.2. The van der Waals surface area contributed by atoms with Crippen LogP contribution in [-0.4, -0.2) is 116 Å². The molecule has 41 heavy (non-hydrogen) atoms. The summed E-state index contributed by atoms with van der Waals surface area (Å²) in [5.74, 6) is -11.7. The molecule has 13 nitrogen and oxygen atoms in total. The first-order valence-corrected chi connectivity index (χ1v) is 13.3. The number of nitrogens with two attached hydrogens (primary N) is 1. The van der Waals surface area contributed by atoms with Crippen molar-refractivity contribution in [1.29, 1.82) is 0 Å². The van der Waals surface area contributed by atoms with E-state index in [0.717, 1.165) is 5.56 Å². The molecule has 0 unspecified atom stereocenters. The van der Waals surface area contributed by atoms with Crippen molar-refractivity contribution in [2.45, 2.75) is 86.9 Å². The first kappa shape index (κ1) is 32.7. The van der Waals surface area contributed by atoms with E-state index in [2.05, 4.69) is 4.74 Å². The third-order valence-electron chi connectivity index (χ3n) is 7.28. The second kappa shape index (κ2) is 13.9. The molecule has 2 aliphatic heterocycles. The van der Waals surface area contributed by atoms with Gasteiger partial charge in [0.2, 0.25) is 5.91 Å². The molecule has 2 heterocycles. The summed E-state index contributed by atoms with van der Waals surface area (Å²) < 4.78 is 39.5. The van der Waals surface area contributed by atoms with Crippen LogP contribution in [0.15, 0.2) is 30.3 Å². The molecule has 2 aliphatic rings. The molecule has 0 saturated carbocycles. The van der Waals surface area contributed by atoms with Crippen LogP contribution in [0, 0.1) is 0 Å². The average Bonchev–Trinajstić information content (AvgIpc) is 3.46. The van der Waals surface area contributed by atoms with Crippen molar-refractivity contribution in [1.82, 2.24) is 10.2 Å². The zero-order valence-electron chi connectivity index (χ0n) is 22.3. The van der Waals surface area contributed by atoms with Crippen LogP contribution < -0.4 is 11.1 Å². The van der Waals surface area contributed by atoms with Gasteiger partial charge in [0.15, 0.2) is 0 Å². The van der Waals surface area contributed by atoms with Crippen molar-refractivity contribution in [2.24, 2.45) is 5.73 Å². The lowest BCUT2D eigenvalue weighted by atomic mass is 9.88. The van der Waals surface area contributed by atoms with Gasteiger partial charge < -0.3 is 51.0 Å². The van der Waals surface area contributed by atoms with Gasteiger partial charge in [0.1, 0.15) is 37.1 Å². The number of carbonyl (C=O) groups excluding carboxylic acids is 3. The van der Waals surface area contributed by atoms with Gasteiger partial charge in [0, 0.05) is 13.1 Å². The number of nitrogens with one attached hydrogen (secondary N) is 1. The topological polar surface area (TPSA) is 212 Å². The summed E-state index contributed by atoms with van der Waals surface area (Å²) in [6, 6.07) is 7.34. The third-order valence-corrected chi connectivity index (χ3v) is 7.28. The van der Waals surface area contributed by atoms with E-state index in [1.807, 2.05) is 35.6 Å². The zero-order valence-corrected chi connectivity index (χ0v) is 22.3. The molecule has 0 bridgehead atoms. The van der Waals surface area contributed by atoms with Crippen LogP contribution in [0.5, 0.6) is 0 Å². The number of ether oxygens (including phenoxy) is 2. The molecule has 1 aromatic rings. The molecule has 8 N–H and O–H groups in total. The highest BCUT2D eigenvalue weighted by atomic mass is 19.3. The highest BCUT2D eigenvalue weighted by molar-refractivity contribution is 5.88. The molecule has 3 rings (SSSR count). The Morgan fingerprint density at radius 3 is 2.51 bits per heavy atom. The van der Waals surface area contributed by atoms with Gasteiger partial charge in [-0.25, -0.2) is 4.79 Å². The molecule has 0 radical (unpaired) electrons. The van der Waals surface area contributed by atoms with E-state index < -0.39 is 72.6 Å². The summed E-state index contributed by atoms with van der Waals surface area (Å²) in [6.45, 7) is -1.00. The van der Waals surface area contributed by atoms with Crippen molar-refractivity contribution in [3.05, 3.63) is 35.9 Å². The number of benzene rings is 1. The SMILES string of the molecule is N[C@@H](CCCCNC(=O)C(F)(F)[C@]1(O)O[C@H](CO)[C@H](O)[C@H](O)[C@H]1O)C(=O)N1CCC[C@H]1C(=O)OCc1ccccc1. The van der Waals surface area contributed by atoms with Gasteiger partial charge in [0.05, 0.1) is 12.6 Å². The van der Waals surface area contributed by atoms with Crippen molar-refractivity contribution >= 4 is 17.8 Å².